The lowest BCUT2D eigenvalue weighted by atomic mass is 10.1. The van der Waals surface area contributed by atoms with Crippen LogP contribution in [-0.2, 0) is 17.8 Å². The number of carbonyl (C=O) groups is 1. The zero-order valence-corrected chi connectivity index (χ0v) is 13.7. The first-order valence-corrected chi connectivity index (χ1v) is 7.89. The molecular weight excluding hydrogens is 306 g/mol. The molecule has 0 fully saturated rings. The van der Waals surface area contributed by atoms with E-state index in [4.69, 9.17) is 16.3 Å². The average Bonchev–Trinajstić information content (AvgIpc) is 2.90. The molecule has 0 saturated heterocycles. The van der Waals surface area contributed by atoms with Crippen LogP contribution in [0, 0.1) is 0 Å². The smallest absolute Gasteiger partial charge is 0.222 e. The van der Waals surface area contributed by atoms with Gasteiger partial charge in [-0.2, -0.15) is 0 Å². The van der Waals surface area contributed by atoms with Gasteiger partial charge in [0, 0.05) is 18.3 Å². The highest BCUT2D eigenvalue weighted by Gasteiger charge is 2.10. The predicted molar refractivity (Wildman–Crippen MR) is 87.1 cm³/mol. The predicted octanol–water partition coefficient (Wildman–Crippen LogP) is 4.00. The Balaban J connectivity index is 1.82. The molecule has 1 amide bonds. The van der Waals surface area contributed by atoms with Crippen molar-refractivity contribution in [3.8, 4) is 5.75 Å². The maximum atomic E-state index is 12.1. The van der Waals surface area contributed by atoms with Gasteiger partial charge in [-0.1, -0.05) is 23.7 Å². The van der Waals surface area contributed by atoms with E-state index in [0.29, 0.717) is 13.0 Å². The molecule has 0 N–H and O–H groups in total. The second-order valence-electron chi connectivity index (χ2n) is 4.80. The zero-order valence-electron chi connectivity index (χ0n) is 12.1. The van der Waals surface area contributed by atoms with E-state index in [2.05, 4.69) is 0 Å². The molecule has 0 atom stereocenters. The number of nitrogens with zero attached hydrogens (tertiary/aromatic N) is 1. The molecule has 0 unspecified atom stereocenters. The SMILES string of the molecule is COc1ccc(CCC(=O)N(C)Cc2ccc(Cl)s2)cc1. The number of aryl methyl sites for hydroxylation is 1. The Morgan fingerprint density at radius 2 is 1.95 bits per heavy atom. The van der Waals surface area contributed by atoms with E-state index < -0.39 is 0 Å². The van der Waals surface area contributed by atoms with Gasteiger partial charge in [-0.15, -0.1) is 11.3 Å². The van der Waals surface area contributed by atoms with Crippen LogP contribution < -0.4 is 4.74 Å². The molecule has 0 aliphatic carbocycles. The summed E-state index contributed by atoms with van der Waals surface area (Å²) in [6, 6.07) is 11.6. The van der Waals surface area contributed by atoms with Crippen LogP contribution >= 0.6 is 22.9 Å². The first-order valence-electron chi connectivity index (χ1n) is 6.69. The van der Waals surface area contributed by atoms with E-state index in [-0.39, 0.29) is 5.91 Å². The molecular formula is C16H18ClNO2S. The summed E-state index contributed by atoms with van der Waals surface area (Å²) in [5.41, 5.74) is 1.14. The number of hydrogen-bond donors (Lipinski definition) is 0. The maximum Gasteiger partial charge on any atom is 0.222 e. The van der Waals surface area contributed by atoms with E-state index in [1.807, 2.05) is 43.4 Å². The summed E-state index contributed by atoms with van der Waals surface area (Å²) in [6.45, 7) is 0.610. The lowest BCUT2D eigenvalue weighted by molar-refractivity contribution is -0.130. The minimum absolute atomic E-state index is 0.135. The average molecular weight is 324 g/mol. The van der Waals surface area contributed by atoms with Crippen molar-refractivity contribution in [3.63, 3.8) is 0 Å². The highest BCUT2D eigenvalue weighted by atomic mass is 35.5. The second kappa shape index (κ2) is 7.48. The van der Waals surface area contributed by atoms with Crippen molar-refractivity contribution >= 4 is 28.8 Å². The Labute approximate surface area is 134 Å². The Bertz CT molecular complexity index is 595. The molecule has 3 nitrogen and oxygen atoms in total. The molecule has 1 aromatic heterocycles. The molecule has 5 heteroatoms. The van der Waals surface area contributed by atoms with E-state index >= 15 is 0 Å². The molecule has 0 spiro atoms. The minimum atomic E-state index is 0.135. The van der Waals surface area contributed by atoms with Crippen LogP contribution in [0.25, 0.3) is 0 Å². The topological polar surface area (TPSA) is 29.5 Å². The first kappa shape index (κ1) is 15.9. The van der Waals surface area contributed by atoms with E-state index in [1.54, 1.807) is 12.0 Å². The van der Waals surface area contributed by atoms with Crippen LogP contribution in [0.2, 0.25) is 4.34 Å². The zero-order chi connectivity index (χ0) is 15.2. The Kier molecular flexibility index (Phi) is 5.65. The molecule has 0 aliphatic heterocycles. The van der Waals surface area contributed by atoms with Crippen LogP contribution in [0.3, 0.4) is 0 Å². The number of rotatable bonds is 6. The molecule has 1 aromatic carbocycles. The molecule has 2 rings (SSSR count). The van der Waals surface area contributed by atoms with Gasteiger partial charge in [0.15, 0.2) is 0 Å². The van der Waals surface area contributed by atoms with Gasteiger partial charge in [-0.05, 0) is 36.2 Å². The van der Waals surface area contributed by atoms with Gasteiger partial charge in [0.05, 0.1) is 18.0 Å². The number of methoxy groups -OCH3 is 1. The fourth-order valence-corrected chi connectivity index (χ4v) is 3.13. The van der Waals surface area contributed by atoms with Crippen molar-refractivity contribution in [2.75, 3.05) is 14.2 Å². The molecule has 0 radical (unpaired) electrons. The molecule has 0 bridgehead atoms. The first-order chi connectivity index (χ1) is 10.1. The largest absolute Gasteiger partial charge is 0.497 e. The van der Waals surface area contributed by atoms with Crippen molar-refractivity contribution in [2.24, 2.45) is 0 Å². The quantitative estimate of drug-likeness (QED) is 0.804. The van der Waals surface area contributed by atoms with Gasteiger partial charge in [0.1, 0.15) is 5.75 Å². The Morgan fingerprint density at radius 1 is 1.24 bits per heavy atom. The van der Waals surface area contributed by atoms with Crippen LogP contribution in [0.4, 0.5) is 0 Å². The maximum absolute atomic E-state index is 12.1. The minimum Gasteiger partial charge on any atom is -0.497 e. The van der Waals surface area contributed by atoms with Crippen molar-refractivity contribution < 1.29 is 9.53 Å². The monoisotopic (exact) mass is 323 g/mol. The number of benzene rings is 1. The lowest BCUT2D eigenvalue weighted by Gasteiger charge is -2.16. The standard InChI is InChI=1S/C16H18ClNO2S/c1-18(11-14-8-9-15(17)21-14)16(19)10-5-12-3-6-13(20-2)7-4-12/h3-4,6-9H,5,10-11H2,1-2H3. The van der Waals surface area contributed by atoms with Crippen molar-refractivity contribution in [1.29, 1.82) is 0 Å². The van der Waals surface area contributed by atoms with Gasteiger partial charge in [-0.3, -0.25) is 4.79 Å². The molecule has 0 saturated carbocycles. The van der Waals surface area contributed by atoms with Gasteiger partial charge in [-0.25, -0.2) is 0 Å². The number of ether oxygens (including phenoxy) is 1. The van der Waals surface area contributed by atoms with Crippen molar-refractivity contribution in [2.45, 2.75) is 19.4 Å². The van der Waals surface area contributed by atoms with E-state index in [0.717, 1.165) is 26.9 Å². The van der Waals surface area contributed by atoms with Crippen molar-refractivity contribution in [1.82, 2.24) is 4.90 Å². The summed E-state index contributed by atoms with van der Waals surface area (Å²) in [6.07, 6.45) is 1.24. The number of amides is 1. The molecule has 112 valence electrons. The second-order valence-corrected chi connectivity index (χ2v) is 6.60. The summed E-state index contributed by atoms with van der Waals surface area (Å²) in [5, 5.41) is 0. The van der Waals surface area contributed by atoms with E-state index in [1.165, 1.54) is 11.3 Å². The van der Waals surface area contributed by atoms with Gasteiger partial charge < -0.3 is 9.64 Å². The van der Waals surface area contributed by atoms with Crippen molar-refractivity contribution in [3.05, 3.63) is 51.2 Å². The van der Waals surface area contributed by atoms with E-state index in [9.17, 15) is 4.79 Å². The van der Waals surface area contributed by atoms with Crippen LogP contribution in [0.5, 0.6) is 5.75 Å². The Hall–Kier alpha value is -1.52. The number of halogens is 1. The van der Waals surface area contributed by atoms with Gasteiger partial charge in [0.2, 0.25) is 5.91 Å². The van der Waals surface area contributed by atoms with Gasteiger partial charge >= 0.3 is 0 Å². The van der Waals surface area contributed by atoms with Crippen LogP contribution in [0.1, 0.15) is 16.9 Å². The summed E-state index contributed by atoms with van der Waals surface area (Å²) in [4.78, 5) is 15.0. The third-order valence-corrected chi connectivity index (χ3v) is 4.45. The summed E-state index contributed by atoms with van der Waals surface area (Å²) < 4.78 is 5.87. The fraction of sp³-hybridized carbons (Fsp3) is 0.312. The van der Waals surface area contributed by atoms with Gasteiger partial charge in [0.25, 0.3) is 0 Å². The summed E-state index contributed by atoms with van der Waals surface area (Å²) in [7, 11) is 3.47. The number of hydrogen-bond acceptors (Lipinski definition) is 3. The summed E-state index contributed by atoms with van der Waals surface area (Å²) in [5.74, 6) is 0.965. The molecule has 1 heterocycles. The summed E-state index contributed by atoms with van der Waals surface area (Å²) >= 11 is 7.40. The third-order valence-electron chi connectivity index (χ3n) is 3.23. The van der Waals surface area contributed by atoms with Crippen LogP contribution in [0.15, 0.2) is 36.4 Å². The molecule has 0 aliphatic rings. The highest BCUT2D eigenvalue weighted by Crippen LogP contribution is 2.22. The fourth-order valence-electron chi connectivity index (χ4n) is 1.99. The number of carbonyl (C=O) groups excluding carboxylic acids is 1. The third kappa shape index (κ3) is 4.76. The lowest BCUT2D eigenvalue weighted by Crippen LogP contribution is -2.25. The normalized spacial score (nSPS) is 10.4. The molecule has 2 aromatic rings. The highest BCUT2D eigenvalue weighted by molar-refractivity contribution is 7.16. The Morgan fingerprint density at radius 3 is 2.52 bits per heavy atom. The molecule has 21 heavy (non-hydrogen) atoms. The van der Waals surface area contributed by atoms with Crippen LogP contribution in [-0.4, -0.2) is 25.0 Å². The number of thiophene rings is 1.